The summed E-state index contributed by atoms with van der Waals surface area (Å²) in [5, 5.41) is 3.58. The molecule has 0 saturated heterocycles. The topological polar surface area (TPSA) is 158 Å². The largest absolute Gasteiger partial charge is 0.382 e. The Morgan fingerprint density at radius 1 is 0.944 bits per heavy atom. The highest BCUT2D eigenvalue weighted by Gasteiger charge is 2.20. The average Bonchev–Trinajstić information content (AvgIpc) is 3.33. The second-order valence-electron chi connectivity index (χ2n) is 8.47. The smallest absolute Gasteiger partial charge is 0.209 e. The van der Waals surface area contributed by atoms with Crippen molar-refractivity contribution in [1.29, 1.82) is 0 Å². The summed E-state index contributed by atoms with van der Waals surface area (Å²) in [7, 11) is -6.66. The molecule has 0 saturated carbocycles. The van der Waals surface area contributed by atoms with Crippen molar-refractivity contribution in [3.8, 4) is 34.0 Å². The van der Waals surface area contributed by atoms with Crippen LogP contribution in [0.1, 0.15) is 19.4 Å². The summed E-state index contributed by atoms with van der Waals surface area (Å²) in [5.41, 5.74) is 9.62. The number of rotatable bonds is 8. The van der Waals surface area contributed by atoms with Gasteiger partial charge in [-0.25, -0.2) is 31.5 Å². The van der Waals surface area contributed by atoms with Crippen LogP contribution in [0.2, 0.25) is 0 Å². The van der Waals surface area contributed by atoms with E-state index in [4.69, 9.17) is 10.3 Å². The molecule has 0 aliphatic carbocycles. The van der Waals surface area contributed by atoms with E-state index in [0.717, 1.165) is 17.4 Å². The van der Waals surface area contributed by atoms with Gasteiger partial charge in [0, 0.05) is 23.7 Å². The fourth-order valence-corrected chi connectivity index (χ4v) is 4.83. The lowest BCUT2D eigenvalue weighted by Gasteiger charge is -2.09. The minimum atomic E-state index is -3.38. The molecule has 0 radical (unpaired) electrons. The highest BCUT2D eigenvalue weighted by atomic mass is 32.2. The number of hydrogen-bond acceptors (Lipinski definition) is 9. The van der Waals surface area contributed by atoms with Gasteiger partial charge in [0.1, 0.15) is 5.69 Å². The number of aromatic nitrogens is 3. The van der Waals surface area contributed by atoms with Crippen molar-refractivity contribution in [3.05, 3.63) is 66.4 Å². The number of hydrogen-bond donors (Lipinski definition) is 2. The van der Waals surface area contributed by atoms with Crippen molar-refractivity contribution in [1.82, 2.24) is 19.8 Å². The maximum Gasteiger partial charge on any atom is 0.209 e. The van der Waals surface area contributed by atoms with E-state index in [2.05, 4.69) is 19.8 Å². The lowest BCUT2D eigenvalue weighted by Crippen LogP contribution is -2.21. The van der Waals surface area contributed by atoms with Crippen molar-refractivity contribution >= 4 is 25.7 Å². The molecule has 10 nitrogen and oxygen atoms in total. The molecule has 0 bridgehead atoms. The van der Waals surface area contributed by atoms with Gasteiger partial charge in [0.2, 0.25) is 10.0 Å². The van der Waals surface area contributed by atoms with Gasteiger partial charge in [-0.1, -0.05) is 41.6 Å². The normalized spacial score (nSPS) is 12.2. The summed E-state index contributed by atoms with van der Waals surface area (Å²) in [6.07, 6.45) is 2.61. The van der Waals surface area contributed by atoms with E-state index in [9.17, 15) is 16.8 Å². The van der Waals surface area contributed by atoms with Gasteiger partial charge >= 0.3 is 0 Å². The first kappa shape index (κ1) is 25.5. The summed E-state index contributed by atoms with van der Waals surface area (Å²) in [5.74, 6) is 0.473. The Labute approximate surface area is 209 Å². The van der Waals surface area contributed by atoms with Crippen LogP contribution >= 0.6 is 0 Å². The average molecular weight is 528 g/mol. The molecule has 4 rings (SSSR count). The number of nitrogens with two attached hydrogens (primary N) is 1. The van der Waals surface area contributed by atoms with E-state index in [0.29, 0.717) is 28.4 Å². The summed E-state index contributed by atoms with van der Waals surface area (Å²) in [6.45, 7) is 3.46. The monoisotopic (exact) mass is 527 g/mol. The maximum atomic E-state index is 12.4. The Balaban J connectivity index is 1.58. The molecule has 3 N–H and O–H groups in total. The third-order valence-electron chi connectivity index (χ3n) is 5.43. The molecule has 4 aromatic rings. The van der Waals surface area contributed by atoms with Crippen LogP contribution in [0.25, 0.3) is 34.0 Å². The second kappa shape index (κ2) is 9.80. The van der Waals surface area contributed by atoms with Crippen LogP contribution in [-0.4, -0.2) is 43.5 Å². The predicted octanol–water partition coefficient (Wildman–Crippen LogP) is 3.28. The summed E-state index contributed by atoms with van der Waals surface area (Å²) < 4.78 is 55.2. The number of sulfone groups is 1. The number of nitrogens with zero attached hydrogens (tertiary/aromatic N) is 3. The van der Waals surface area contributed by atoms with Gasteiger partial charge in [-0.15, -0.1) is 0 Å². The molecule has 2 heterocycles. The molecular formula is C24H25N5O5S2. The zero-order valence-corrected chi connectivity index (χ0v) is 21.5. The van der Waals surface area contributed by atoms with Crippen molar-refractivity contribution in [2.45, 2.75) is 30.5 Å². The molecule has 0 amide bonds. The zero-order valence-electron chi connectivity index (χ0n) is 19.8. The van der Waals surface area contributed by atoms with Crippen molar-refractivity contribution in [2.24, 2.45) is 0 Å². The van der Waals surface area contributed by atoms with Crippen LogP contribution in [0.3, 0.4) is 0 Å². The van der Waals surface area contributed by atoms with E-state index in [1.165, 1.54) is 6.20 Å². The van der Waals surface area contributed by atoms with E-state index in [1.807, 2.05) is 0 Å². The first-order valence-electron chi connectivity index (χ1n) is 10.9. The molecule has 0 aliphatic heterocycles. The Kier molecular flexibility index (Phi) is 6.94. The Morgan fingerprint density at radius 2 is 1.56 bits per heavy atom. The Morgan fingerprint density at radius 3 is 2.17 bits per heavy atom. The van der Waals surface area contributed by atoms with Gasteiger partial charge in [-0.2, -0.15) is 0 Å². The van der Waals surface area contributed by atoms with Gasteiger partial charge in [0.15, 0.2) is 27.1 Å². The number of nitrogens with one attached hydrogen (secondary N) is 1. The van der Waals surface area contributed by atoms with Crippen LogP contribution in [0.5, 0.6) is 0 Å². The van der Waals surface area contributed by atoms with Gasteiger partial charge < -0.3 is 10.3 Å². The van der Waals surface area contributed by atoms with Crippen LogP contribution in [0.15, 0.2) is 70.2 Å². The summed E-state index contributed by atoms with van der Waals surface area (Å²) in [4.78, 5) is 9.03. The summed E-state index contributed by atoms with van der Waals surface area (Å²) in [6, 6.07) is 15.3. The van der Waals surface area contributed by atoms with Crippen molar-refractivity contribution in [2.75, 3.05) is 12.0 Å². The Bertz CT molecular complexity index is 1600. The van der Waals surface area contributed by atoms with Gasteiger partial charge in [0.05, 0.1) is 28.3 Å². The minimum absolute atomic E-state index is 0.155. The summed E-state index contributed by atoms with van der Waals surface area (Å²) >= 11 is 0. The van der Waals surface area contributed by atoms with Crippen molar-refractivity contribution < 1.29 is 21.4 Å². The predicted molar refractivity (Wildman–Crippen MR) is 137 cm³/mol. The van der Waals surface area contributed by atoms with Gasteiger partial charge in [-0.3, -0.25) is 0 Å². The highest BCUT2D eigenvalue weighted by molar-refractivity contribution is 7.92. The molecule has 188 valence electrons. The lowest BCUT2D eigenvalue weighted by molar-refractivity contribution is 0.434. The highest BCUT2D eigenvalue weighted by Crippen LogP contribution is 2.30. The molecular weight excluding hydrogens is 502 g/mol. The van der Waals surface area contributed by atoms with E-state index < -0.39 is 25.1 Å². The van der Waals surface area contributed by atoms with Gasteiger partial charge in [0.25, 0.3) is 0 Å². The third kappa shape index (κ3) is 5.61. The molecule has 0 atom stereocenters. The molecule has 12 heteroatoms. The number of nitrogen functional groups attached to an aromatic ring is 1. The molecule has 2 aromatic carbocycles. The minimum Gasteiger partial charge on any atom is -0.382 e. The molecule has 0 spiro atoms. The van der Waals surface area contributed by atoms with Crippen LogP contribution in [0, 0.1) is 0 Å². The third-order valence-corrected chi connectivity index (χ3v) is 8.27. The van der Waals surface area contributed by atoms with E-state index >= 15 is 0 Å². The SMILES string of the molecule is CC(C)S(=O)(=O)c1ccc(-c2cnc(N)c(-c3cc(-c4ccc(CNS(C)(=O)=O)cc4)no3)n2)cc1. The van der Waals surface area contributed by atoms with Crippen LogP contribution in [-0.2, 0) is 26.4 Å². The Hall–Kier alpha value is -3.61. The second-order valence-corrected chi connectivity index (χ2v) is 12.8. The first-order chi connectivity index (χ1) is 16.9. The van der Waals surface area contributed by atoms with E-state index in [1.54, 1.807) is 68.4 Å². The maximum absolute atomic E-state index is 12.4. The van der Waals surface area contributed by atoms with Crippen LogP contribution < -0.4 is 10.5 Å². The van der Waals surface area contributed by atoms with Crippen molar-refractivity contribution in [3.63, 3.8) is 0 Å². The molecule has 0 aliphatic rings. The quantitative estimate of drug-likeness (QED) is 0.351. The van der Waals surface area contributed by atoms with E-state index in [-0.39, 0.29) is 17.3 Å². The fraction of sp³-hybridized carbons (Fsp3) is 0.208. The number of anilines is 1. The zero-order chi connectivity index (χ0) is 26.1. The molecule has 2 aromatic heterocycles. The molecule has 0 fully saturated rings. The lowest BCUT2D eigenvalue weighted by atomic mass is 10.1. The number of sulfonamides is 1. The standard InChI is InChI=1S/C24H25N5O5S2/c1-15(2)36(32,33)19-10-8-18(9-11-19)21-14-26-24(25)23(28-21)22-12-20(29-34-22)17-6-4-16(5-7-17)13-27-35(3,30)31/h4-12,14-15,27H,13H2,1-3H3,(H2,25,26). The van der Waals surface area contributed by atoms with Gasteiger partial charge in [-0.05, 0) is 31.5 Å². The molecule has 36 heavy (non-hydrogen) atoms. The first-order valence-corrected chi connectivity index (χ1v) is 14.4. The fourth-order valence-electron chi connectivity index (χ4n) is 3.34. The molecule has 0 unspecified atom stereocenters. The number of benzene rings is 2. The van der Waals surface area contributed by atoms with Crippen LogP contribution in [0.4, 0.5) is 5.82 Å².